The zero-order valence-corrected chi connectivity index (χ0v) is 16.2. The van der Waals surface area contributed by atoms with Gasteiger partial charge in [0.05, 0.1) is 0 Å². The number of carbonyl (C=O) groups excluding carboxylic acids is 2. The summed E-state index contributed by atoms with van der Waals surface area (Å²) < 4.78 is 0. The van der Waals surface area contributed by atoms with Crippen LogP contribution in [0.3, 0.4) is 0 Å². The number of amides is 3. The van der Waals surface area contributed by atoms with Crippen molar-refractivity contribution in [3.05, 3.63) is 29.8 Å². The number of likely N-dealkylation sites (tertiary alicyclic amines) is 1. The summed E-state index contributed by atoms with van der Waals surface area (Å²) in [6.07, 6.45) is 5.87. The predicted octanol–water partition coefficient (Wildman–Crippen LogP) is 2.87. The van der Waals surface area contributed by atoms with E-state index in [1.54, 1.807) is 0 Å². The van der Waals surface area contributed by atoms with Crippen molar-refractivity contribution < 1.29 is 9.59 Å². The topological polar surface area (TPSA) is 87.5 Å². The largest absolute Gasteiger partial charge is 0.342 e. The number of nitrogens with zero attached hydrogens (tertiary/aromatic N) is 1. The molecular weight excluding hydrogens is 340 g/mol. The SMILES string of the molecule is Cc1ccc(NC(=O)NCC2CCCN(C(=O)C[C@@H]3CCC[C@H]3N)C2)cc1. The summed E-state index contributed by atoms with van der Waals surface area (Å²) in [5.74, 6) is 0.881. The van der Waals surface area contributed by atoms with E-state index in [1.807, 2.05) is 36.1 Å². The van der Waals surface area contributed by atoms with E-state index in [1.165, 1.54) is 0 Å². The number of benzene rings is 1. The fourth-order valence-corrected chi connectivity index (χ4v) is 4.18. The lowest BCUT2D eigenvalue weighted by Gasteiger charge is -2.34. The van der Waals surface area contributed by atoms with E-state index >= 15 is 0 Å². The van der Waals surface area contributed by atoms with E-state index in [-0.39, 0.29) is 18.0 Å². The first kappa shape index (κ1) is 19.7. The minimum Gasteiger partial charge on any atom is -0.342 e. The molecule has 6 nitrogen and oxygen atoms in total. The normalized spacial score (nSPS) is 25.3. The lowest BCUT2D eigenvalue weighted by Crippen LogP contribution is -2.45. The Labute approximate surface area is 161 Å². The monoisotopic (exact) mass is 372 g/mol. The molecule has 1 heterocycles. The van der Waals surface area contributed by atoms with Crippen LogP contribution in [0.2, 0.25) is 0 Å². The molecule has 1 aliphatic carbocycles. The Kier molecular flexibility index (Phi) is 6.72. The molecule has 1 saturated carbocycles. The Bertz CT molecular complexity index is 646. The van der Waals surface area contributed by atoms with Crippen LogP contribution in [-0.4, -0.2) is 42.5 Å². The first-order valence-electron chi connectivity index (χ1n) is 10.2. The summed E-state index contributed by atoms with van der Waals surface area (Å²) in [5.41, 5.74) is 8.05. The van der Waals surface area contributed by atoms with Gasteiger partial charge in [0.25, 0.3) is 0 Å². The van der Waals surface area contributed by atoms with Gasteiger partial charge in [-0.1, -0.05) is 24.1 Å². The Morgan fingerprint density at radius 3 is 2.63 bits per heavy atom. The second-order valence-corrected chi connectivity index (χ2v) is 8.11. The highest BCUT2D eigenvalue weighted by atomic mass is 16.2. The van der Waals surface area contributed by atoms with Gasteiger partial charge in [-0.15, -0.1) is 0 Å². The molecule has 3 rings (SSSR count). The molecule has 27 heavy (non-hydrogen) atoms. The van der Waals surface area contributed by atoms with Crippen LogP contribution < -0.4 is 16.4 Å². The minimum absolute atomic E-state index is 0.182. The molecule has 1 aromatic carbocycles. The third kappa shape index (κ3) is 5.70. The fraction of sp³-hybridized carbons (Fsp3) is 0.619. The summed E-state index contributed by atoms with van der Waals surface area (Å²) in [6.45, 7) is 4.16. The highest BCUT2D eigenvalue weighted by molar-refractivity contribution is 5.89. The third-order valence-electron chi connectivity index (χ3n) is 5.89. The minimum atomic E-state index is -0.195. The molecule has 3 atom stereocenters. The molecule has 1 unspecified atom stereocenters. The average Bonchev–Trinajstić information content (AvgIpc) is 3.07. The van der Waals surface area contributed by atoms with Crippen LogP contribution in [0.4, 0.5) is 10.5 Å². The number of piperidine rings is 1. The number of carbonyl (C=O) groups is 2. The zero-order valence-electron chi connectivity index (χ0n) is 16.2. The zero-order chi connectivity index (χ0) is 19.2. The first-order chi connectivity index (χ1) is 13.0. The molecule has 6 heteroatoms. The molecule has 1 saturated heterocycles. The lowest BCUT2D eigenvalue weighted by atomic mass is 9.95. The molecule has 1 aliphatic heterocycles. The number of urea groups is 1. The Morgan fingerprint density at radius 1 is 1.15 bits per heavy atom. The molecular formula is C21H32N4O2. The highest BCUT2D eigenvalue weighted by Gasteiger charge is 2.30. The summed E-state index contributed by atoms with van der Waals surface area (Å²) in [5, 5.41) is 5.80. The van der Waals surface area contributed by atoms with Crippen LogP contribution in [0.15, 0.2) is 24.3 Å². The molecule has 2 fully saturated rings. The number of anilines is 1. The Hall–Kier alpha value is -2.08. The standard InChI is InChI=1S/C21H32N4O2/c1-15-7-9-18(10-8-15)24-21(27)23-13-16-4-3-11-25(14-16)20(26)12-17-5-2-6-19(17)22/h7-10,16-17,19H,2-6,11-14,22H2,1H3,(H2,23,24,27)/t16?,17-,19+/m0/s1. The summed E-state index contributed by atoms with van der Waals surface area (Å²) in [7, 11) is 0. The van der Waals surface area contributed by atoms with Crippen LogP contribution in [0.5, 0.6) is 0 Å². The van der Waals surface area contributed by atoms with E-state index in [0.29, 0.717) is 24.8 Å². The van der Waals surface area contributed by atoms with Gasteiger partial charge in [0.15, 0.2) is 0 Å². The number of hydrogen-bond donors (Lipinski definition) is 3. The van der Waals surface area contributed by atoms with Gasteiger partial charge in [-0.2, -0.15) is 0 Å². The van der Waals surface area contributed by atoms with Gasteiger partial charge in [-0.3, -0.25) is 4.79 Å². The fourth-order valence-electron chi connectivity index (χ4n) is 4.18. The second kappa shape index (κ2) is 9.22. The van der Waals surface area contributed by atoms with Crippen LogP contribution in [-0.2, 0) is 4.79 Å². The molecule has 0 bridgehead atoms. The lowest BCUT2D eigenvalue weighted by molar-refractivity contribution is -0.134. The molecule has 0 aromatic heterocycles. The molecule has 4 N–H and O–H groups in total. The van der Waals surface area contributed by atoms with Crippen molar-refractivity contribution in [2.75, 3.05) is 25.0 Å². The first-order valence-corrected chi connectivity index (χ1v) is 10.2. The van der Waals surface area contributed by atoms with Gasteiger partial charge < -0.3 is 21.3 Å². The van der Waals surface area contributed by atoms with E-state index < -0.39 is 0 Å². The average molecular weight is 373 g/mol. The maximum Gasteiger partial charge on any atom is 0.319 e. The summed E-state index contributed by atoms with van der Waals surface area (Å²) >= 11 is 0. The van der Waals surface area contributed by atoms with E-state index in [0.717, 1.165) is 56.4 Å². The van der Waals surface area contributed by atoms with Gasteiger partial charge >= 0.3 is 6.03 Å². The molecule has 3 amide bonds. The van der Waals surface area contributed by atoms with Gasteiger partial charge in [0.1, 0.15) is 0 Å². The summed E-state index contributed by atoms with van der Waals surface area (Å²) in [6, 6.07) is 7.71. The molecule has 1 aromatic rings. The maximum atomic E-state index is 12.6. The molecule has 0 spiro atoms. The molecule has 148 valence electrons. The smallest absolute Gasteiger partial charge is 0.319 e. The van der Waals surface area contributed by atoms with E-state index in [4.69, 9.17) is 5.73 Å². The third-order valence-corrected chi connectivity index (χ3v) is 5.89. The summed E-state index contributed by atoms with van der Waals surface area (Å²) in [4.78, 5) is 26.7. The van der Waals surface area contributed by atoms with Gasteiger partial charge in [0, 0.05) is 37.8 Å². The van der Waals surface area contributed by atoms with Gasteiger partial charge in [-0.05, 0) is 56.6 Å². The van der Waals surface area contributed by atoms with E-state index in [9.17, 15) is 9.59 Å². The van der Waals surface area contributed by atoms with Gasteiger partial charge in [-0.25, -0.2) is 4.79 Å². The van der Waals surface area contributed by atoms with Crippen molar-refractivity contribution in [1.82, 2.24) is 10.2 Å². The number of aryl methyl sites for hydroxylation is 1. The second-order valence-electron chi connectivity index (χ2n) is 8.11. The van der Waals surface area contributed by atoms with Crippen molar-refractivity contribution in [3.8, 4) is 0 Å². The molecule has 2 aliphatic rings. The van der Waals surface area contributed by atoms with Crippen molar-refractivity contribution in [3.63, 3.8) is 0 Å². The molecule has 0 radical (unpaired) electrons. The van der Waals surface area contributed by atoms with Gasteiger partial charge in [0.2, 0.25) is 5.91 Å². The Balaban J connectivity index is 1.41. The number of nitrogens with two attached hydrogens (primary N) is 1. The van der Waals surface area contributed by atoms with Crippen LogP contribution >= 0.6 is 0 Å². The van der Waals surface area contributed by atoms with E-state index in [2.05, 4.69) is 10.6 Å². The highest BCUT2D eigenvalue weighted by Crippen LogP contribution is 2.28. The number of nitrogens with one attached hydrogen (secondary N) is 2. The van der Waals surface area contributed by atoms with Crippen molar-refractivity contribution in [1.29, 1.82) is 0 Å². The van der Waals surface area contributed by atoms with Crippen LogP contribution in [0.1, 0.15) is 44.1 Å². The van der Waals surface area contributed by atoms with Crippen LogP contribution in [0, 0.1) is 18.8 Å². The van der Waals surface area contributed by atoms with Crippen LogP contribution in [0.25, 0.3) is 0 Å². The maximum absolute atomic E-state index is 12.6. The van der Waals surface area contributed by atoms with Crippen molar-refractivity contribution >= 4 is 17.6 Å². The number of hydrogen-bond acceptors (Lipinski definition) is 3. The number of rotatable bonds is 5. The predicted molar refractivity (Wildman–Crippen MR) is 107 cm³/mol. The quantitative estimate of drug-likeness (QED) is 0.743. The Morgan fingerprint density at radius 2 is 1.93 bits per heavy atom. The van der Waals surface area contributed by atoms with Crippen molar-refractivity contribution in [2.45, 2.75) is 51.5 Å². The van der Waals surface area contributed by atoms with Crippen molar-refractivity contribution in [2.24, 2.45) is 17.6 Å².